The third kappa shape index (κ3) is 1.48. The van der Waals surface area contributed by atoms with E-state index in [0.29, 0.717) is 15.6 Å². The third-order valence-electron chi connectivity index (χ3n) is 1.75. The van der Waals surface area contributed by atoms with Gasteiger partial charge in [0.05, 0.1) is 4.70 Å². The smallest absolute Gasteiger partial charge is 0.151 e. The highest BCUT2D eigenvalue weighted by Crippen LogP contribution is 2.29. The molecule has 0 fully saturated rings. The van der Waals surface area contributed by atoms with Gasteiger partial charge in [-0.3, -0.25) is 4.79 Å². The normalized spacial score (nSPS) is 10.6. The van der Waals surface area contributed by atoms with E-state index in [4.69, 9.17) is 0 Å². The lowest BCUT2D eigenvalue weighted by Crippen LogP contribution is -1.80. The largest absolute Gasteiger partial charge is 0.298 e. The number of hydrogen-bond acceptors (Lipinski definition) is 2. The van der Waals surface area contributed by atoms with E-state index in [-0.39, 0.29) is 5.82 Å². The molecule has 0 atom stereocenters. The Balaban J connectivity index is 2.89. The maximum Gasteiger partial charge on any atom is 0.151 e. The van der Waals surface area contributed by atoms with Crippen molar-refractivity contribution in [2.24, 2.45) is 0 Å². The molecule has 0 saturated heterocycles. The fourth-order valence-corrected chi connectivity index (χ4v) is 2.66. The van der Waals surface area contributed by atoms with Crippen molar-refractivity contribution in [2.75, 3.05) is 0 Å². The van der Waals surface area contributed by atoms with Crippen LogP contribution in [0.4, 0.5) is 4.39 Å². The first kappa shape index (κ1) is 9.08. The molecule has 0 radical (unpaired) electrons. The molecule has 0 aliphatic carbocycles. The number of hydrogen-bond donors (Lipinski definition) is 0. The number of thiophene rings is 1. The molecule has 2 aromatic rings. The Morgan fingerprint density at radius 2 is 2.23 bits per heavy atom. The van der Waals surface area contributed by atoms with Crippen molar-refractivity contribution >= 4 is 50.3 Å². The molecule has 2 rings (SSSR count). The van der Waals surface area contributed by atoms with E-state index in [1.807, 2.05) is 28.7 Å². The summed E-state index contributed by atoms with van der Waals surface area (Å²) in [5.74, 6) is -0.250. The minimum Gasteiger partial charge on any atom is -0.298 e. The van der Waals surface area contributed by atoms with Crippen molar-refractivity contribution in [3.63, 3.8) is 0 Å². The second-order valence-electron chi connectivity index (χ2n) is 2.57. The van der Waals surface area contributed by atoms with E-state index in [1.165, 1.54) is 17.4 Å². The highest BCUT2D eigenvalue weighted by Gasteiger charge is 2.08. The van der Waals surface area contributed by atoms with Crippen LogP contribution in [0.15, 0.2) is 17.5 Å². The van der Waals surface area contributed by atoms with Gasteiger partial charge < -0.3 is 0 Å². The van der Waals surface area contributed by atoms with Crippen LogP contribution in [0.2, 0.25) is 0 Å². The van der Waals surface area contributed by atoms with Crippen LogP contribution < -0.4 is 0 Å². The Morgan fingerprint density at radius 1 is 1.46 bits per heavy atom. The predicted octanol–water partition coefficient (Wildman–Crippen LogP) is 3.46. The van der Waals surface area contributed by atoms with Crippen LogP contribution in [0.5, 0.6) is 0 Å². The van der Waals surface area contributed by atoms with Gasteiger partial charge in [-0.1, -0.05) is 0 Å². The second-order valence-corrected chi connectivity index (χ2v) is 4.70. The van der Waals surface area contributed by atoms with Crippen LogP contribution in [0.3, 0.4) is 0 Å². The lowest BCUT2D eigenvalue weighted by Gasteiger charge is -1.94. The first-order valence-corrected chi connectivity index (χ1v) is 5.49. The average Bonchev–Trinajstić information content (AvgIpc) is 2.47. The number of halogens is 2. The van der Waals surface area contributed by atoms with E-state index < -0.39 is 0 Å². The van der Waals surface area contributed by atoms with Gasteiger partial charge in [-0.15, -0.1) is 11.3 Å². The van der Waals surface area contributed by atoms with Crippen LogP contribution in [-0.4, -0.2) is 6.29 Å². The van der Waals surface area contributed by atoms with Gasteiger partial charge in [0, 0.05) is 19.9 Å². The minimum absolute atomic E-state index is 0.250. The molecule has 0 saturated carbocycles. The van der Waals surface area contributed by atoms with E-state index in [2.05, 4.69) is 0 Å². The average molecular weight is 306 g/mol. The molecule has 1 aromatic heterocycles. The van der Waals surface area contributed by atoms with Crippen molar-refractivity contribution < 1.29 is 9.18 Å². The molecule has 0 N–H and O–H groups in total. The molecule has 0 aliphatic rings. The molecular formula is C9H4FIOS. The van der Waals surface area contributed by atoms with E-state index in [9.17, 15) is 9.18 Å². The summed E-state index contributed by atoms with van der Waals surface area (Å²) in [6, 6.07) is 3.28. The van der Waals surface area contributed by atoms with Crippen LogP contribution in [-0.2, 0) is 0 Å². The highest BCUT2D eigenvalue weighted by molar-refractivity contribution is 14.1. The molecule has 1 aromatic carbocycles. The van der Waals surface area contributed by atoms with Gasteiger partial charge >= 0.3 is 0 Å². The van der Waals surface area contributed by atoms with Crippen molar-refractivity contribution in [1.29, 1.82) is 0 Å². The third-order valence-corrected chi connectivity index (χ3v) is 3.40. The van der Waals surface area contributed by atoms with E-state index >= 15 is 0 Å². The number of carbonyl (C=O) groups excluding carboxylic acids is 1. The molecule has 0 bridgehead atoms. The topological polar surface area (TPSA) is 17.1 Å². The molecule has 13 heavy (non-hydrogen) atoms. The van der Waals surface area contributed by atoms with E-state index in [0.717, 1.165) is 9.86 Å². The first-order chi connectivity index (χ1) is 6.22. The molecule has 66 valence electrons. The Bertz CT molecular complexity index is 478. The molecular weight excluding hydrogens is 302 g/mol. The van der Waals surface area contributed by atoms with Gasteiger partial charge in [-0.25, -0.2) is 4.39 Å². The van der Waals surface area contributed by atoms with Gasteiger partial charge in [0.25, 0.3) is 0 Å². The Kier molecular flexibility index (Phi) is 2.33. The summed E-state index contributed by atoms with van der Waals surface area (Å²) in [6.45, 7) is 0. The Hall–Kier alpha value is -0.490. The standard InChI is InChI=1S/C9H4FIOS/c10-8-2-6(11)1-7-5(3-12)4-13-9(7)8/h1-4H. The molecule has 0 aliphatic heterocycles. The number of aldehydes is 1. The van der Waals surface area contributed by atoms with Crippen LogP contribution in [0.25, 0.3) is 10.1 Å². The number of benzene rings is 1. The number of fused-ring (bicyclic) bond motifs is 1. The lowest BCUT2D eigenvalue weighted by molar-refractivity contribution is 0.112. The maximum absolute atomic E-state index is 13.3. The summed E-state index contributed by atoms with van der Waals surface area (Å²) >= 11 is 3.30. The summed E-state index contributed by atoms with van der Waals surface area (Å²) in [5, 5.41) is 2.39. The number of rotatable bonds is 1. The zero-order chi connectivity index (χ0) is 9.42. The zero-order valence-electron chi connectivity index (χ0n) is 6.38. The lowest BCUT2D eigenvalue weighted by atomic mass is 10.2. The monoisotopic (exact) mass is 306 g/mol. The van der Waals surface area contributed by atoms with Crippen LogP contribution in [0.1, 0.15) is 10.4 Å². The number of carbonyl (C=O) groups is 1. The summed E-state index contributed by atoms with van der Waals surface area (Å²) in [4.78, 5) is 10.6. The Labute approximate surface area is 91.7 Å². The van der Waals surface area contributed by atoms with Crippen molar-refractivity contribution in [3.05, 3.63) is 32.5 Å². The summed E-state index contributed by atoms with van der Waals surface area (Å²) in [6.07, 6.45) is 0.758. The summed E-state index contributed by atoms with van der Waals surface area (Å²) < 4.78 is 14.7. The molecule has 4 heteroatoms. The maximum atomic E-state index is 13.3. The van der Waals surface area contributed by atoms with Crippen molar-refractivity contribution in [3.8, 4) is 0 Å². The van der Waals surface area contributed by atoms with Gasteiger partial charge in [0.2, 0.25) is 0 Å². The zero-order valence-corrected chi connectivity index (χ0v) is 9.36. The molecule has 0 spiro atoms. The predicted molar refractivity (Wildman–Crippen MR) is 59.9 cm³/mol. The molecule has 0 amide bonds. The van der Waals surface area contributed by atoms with Gasteiger partial charge in [0.1, 0.15) is 5.82 Å². The van der Waals surface area contributed by atoms with E-state index in [1.54, 1.807) is 5.38 Å². The fourth-order valence-electron chi connectivity index (χ4n) is 1.17. The van der Waals surface area contributed by atoms with Gasteiger partial charge in [-0.2, -0.15) is 0 Å². The fraction of sp³-hybridized carbons (Fsp3) is 0. The SMILES string of the molecule is O=Cc1csc2c(F)cc(I)cc12. The summed E-state index contributed by atoms with van der Waals surface area (Å²) in [5.41, 5.74) is 0.567. The van der Waals surface area contributed by atoms with Crippen LogP contribution >= 0.6 is 33.9 Å². The second kappa shape index (κ2) is 3.34. The van der Waals surface area contributed by atoms with Gasteiger partial charge in [0.15, 0.2) is 6.29 Å². The Morgan fingerprint density at radius 3 is 2.92 bits per heavy atom. The van der Waals surface area contributed by atoms with Gasteiger partial charge in [-0.05, 0) is 34.7 Å². The van der Waals surface area contributed by atoms with Crippen molar-refractivity contribution in [2.45, 2.75) is 0 Å². The summed E-state index contributed by atoms with van der Waals surface area (Å²) in [7, 11) is 0. The van der Waals surface area contributed by atoms with Crippen molar-refractivity contribution in [1.82, 2.24) is 0 Å². The minimum atomic E-state index is -0.250. The molecule has 0 unspecified atom stereocenters. The quantitative estimate of drug-likeness (QED) is 0.582. The van der Waals surface area contributed by atoms with Crippen LogP contribution in [0, 0.1) is 9.39 Å². The molecule has 1 heterocycles. The first-order valence-electron chi connectivity index (χ1n) is 3.54. The highest BCUT2D eigenvalue weighted by atomic mass is 127. The molecule has 1 nitrogen and oxygen atoms in total.